The Morgan fingerprint density at radius 2 is 1.26 bits per heavy atom. The highest BCUT2D eigenvalue weighted by atomic mass is 79.9. The number of aldehydes is 2. The van der Waals surface area contributed by atoms with Crippen LogP contribution in [0.1, 0.15) is 59.5 Å². The molecular formula is C34H32BBrN4O6. The van der Waals surface area contributed by atoms with E-state index in [9.17, 15) is 9.59 Å². The summed E-state index contributed by atoms with van der Waals surface area (Å²) >= 11 is 3.28. The van der Waals surface area contributed by atoms with Crippen LogP contribution in [0.4, 0.5) is 0 Å². The summed E-state index contributed by atoms with van der Waals surface area (Å²) in [5.41, 5.74) is 3.73. The first kappa shape index (κ1) is 35.6. The average Bonchev–Trinajstić information content (AvgIpc) is 3.30. The van der Waals surface area contributed by atoms with Gasteiger partial charge in [-0.3, -0.25) is 19.6 Å². The van der Waals surface area contributed by atoms with Crippen LogP contribution in [-0.2, 0) is 9.31 Å². The normalized spacial score (nSPS) is 13.8. The smallest absolute Gasteiger partial charge is 0.495 e. The van der Waals surface area contributed by atoms with Crippen LogP contribution in [0.15, 0.2) is 77.8 Å². The van der Waals surface area contributed by atoms with Gasteiger partial charge in [-0.2, -0.15) is 10.5 Å². The molecule has 0 aliphatic carbocycles. The average molecular weight is 683 g/mol. The number of pyridine rings is 2. The number of hydrogen-bond donors (Lipinski definition) is 0. The Morgan fingerprint density at radius 3 is 1.80 bits per heavy atom. The zero-order valence-electron chi connectivity index (χ0n) is 26.3. The van der Waals surface area contributed by atoms with Gasteiger partial charge in [-0.1, -0.05) is 22.0 Å². The molecule has 0 amide bonds. The Bertz CT molecular complexity index is 1770. The van der Waals surface area contributed by atoms with Crippen molar-refractivity contribution in [2.24, 2.45) is 0 Å². The van der Waals surface area contributed by atoms with Crippen LogP contribution in [0.5, 0.6) is 11.5 Å². The van der Waals surface area contributed by atoms with Crippen LogP contribution < -0.4 is 14.9 Å². The Morgan fingerprint density at radius 1 is 0.739 bits per heavy atom. The van der Waals surface area contributed by atoms with Gasteiger partial charge in [0.1, 0.15) is 23.6 Å². The zero-order valence-corrected chi connectivity index (χ0v) is 27.9. The lowest BCUT2D eigenvalue weighted by atomic mass is 9.80. The number of aromatic nitrogens is 2. The highest BCUT2D eigenvalue weighted by molar-refractivity contribution is 9.10. The SMILES string of the molecule is CC1(C)OB(c2cncc(C=O)c2)OC1(C)C.COc1cc(-c2cncc(C=O)c2)ccc1C#N.COc1cc(Br)ccc1C#N. The van der Waals surface area contributed by atoms with Gasteiger partial charge in [0.05, 0.1) is 36.5 Å². The lowest BCUT2D eigenvalue weighted by molar-refractivity contribution is 0.00578. The summed E-state index contributed by atoms with van der Waals surface area (Å²) in [6.07, 6.45) is 7.85. The van der Waals surface area contributed by atoms with E-state index < -0.39 is 7.12 Å². The molecular weight excluding hydrogens is 651 g/mol. The van der Waals surface area contributed by atoms with Gasteiger partial charge in [0.2, 0.25) is 0 Å². The Labute approximate surface area is 277 Å². The van der Waals surface area contributed by atoms with E-state index in [0.717, 1.165) is 33.6 Å². The van der Waals surface area contributed by atoms with Crippen molar-refractivity contribution in [3.63, 3.8) is 0 Å². The summed E-state index contributed by atoms with van der Waals surface area (Å²) in [6, 6.07) is 18.1. The third-order valence-corrected chi connectivity index (χ3v) is 7.77. The molecule has 234 valence electrons. The molecule has 0 radical (unpaired) electrons. The highest BCUT2D eigenvalue weighted by Crippen LogP contribution is 2.36. The largest absolute Gasteiger partial charge is 0.496 e. The standard InChI is InChI=1S/C14H10N2O2.C12H16BNO3.C8H6BrNO/c1-18-14-5-11(2-3-12(14)6-15)13-4-10(9-17)7-16-8-13;1-11(2)12(3,4)17-13(16-11)10-5-9(8-15)6-14-7-10;1-11-8-4-7(9)3-2-6(8)5-10/h2-5,7-9H,1H3;5-8H,1-4H3;2-4H,1H3. The molecule has 0 N–H and O–H groups in total. The number of carbonyl (C=O) groups is 2. The lowest BCUT2D eigenvalue weighted by Crippen LogP contribution is -2.41. The van der Waals surface area contributed by atoms with Gasteiger partial charge in [-0.25, -0.2) is 0 Å². The maximum atomic E-state index is 10.7. The molecule has 0 unspecified atom stereocenters. The van der Waals surface area contributed by atoms with E-state index in [0.29, 0.717) is 33.8 Å². The zero-order chi connectivity index (χ0) is 33.9. The van der Waals surface area contributed by atoms with E-state index in [1.54, 1.807) is 68.0 Å². The third kappa shape index (κ3) is 8.86. The topological polar surface area (TPSA) is 144 Å². The fraction of sp³-hybridized carbons (Fsp3) is 0.235. The minimum atomic E-state index is -0.465. The number of methoxy groups -OCH3 is 2. The molecule has 1 aliphatic heterocycles. The van der Waals surface area contributed by atoms with Crippen molar-refractivity contribution < 1.29 is 28.4 Å². The molecule has 1 fully saturated rings. The van der Waals surface area contributed by atoms with Crippen molar-refractivity contribution in [1.29, 1.82) is 10.5 Å². The Hall–Kier alpha value is -4.88. The molecule has 0 atom stereocenters. The maximum absolute atomic E-state index is 10.7. The Kier molecular flexibility index (Phi) is 12.3. The number of rotatable bonds is 6. The third-order valence-electron chi connectivity index (χ3n) is 7.28. The van der Waals surface area contributed by atoms with E-state index in [-0.39, 0.29) is 11.2 Å². The first-order valence-electron chi connectivity index (χ1n) is 13.9. The van der Waals surface area contributed by atoms with E-state index >= 15 is 0 Å². The van der Waals surface area contributed by atoms with Crippen LogP contribution >= 0.6 is 15.9 Å². The summed E-state index contributed by atoms with van der Waals surface area (Å²) in [4.78, 5) is 29.4. The second kappa shape index (κ2) is 15.9. The summed E-state index contributed by atoms with van der Waals surface area (Å²) in [6.45, 7) is 7.96. The van der Waals surface area contributed by atoms with Gasteiger partial charge < -0.3 is 18.8 Å². The van der Waals surface area contributed by atoms with Gasteiger partial charge in [0, 0.05) is 51.4 Å². The van der Waals surface area contributed by atoms with Crippen LogP contribution in [0.25, 0.3) is 11.1 Å². The monoisotopic (exact) mass is 682 g/mol. The highest BCUT2D eigenvalue weighted by Gasteiger charge is 2.51. The minimum absolute atomic E-state index is 0.380. The minimum Gasteiger partial charge on any atom is -0.495 e. The fourth-order valence-electron chi connectivity index (χ4n) is 4.05. The second-order valence-corrected chi connectivity index (χ2v) is 11.8. The first-order valence-corrected chi connectivity index (χ1v) is 14.7. The van der Waals surface area contributed by atoms with E-state index in [1.807, 2.05) is 33.8 Å². The van der Waals surface area contributed by atoms with E-state index in [4.69, 9.17) is 29.3 Å². The van der Waals surface area contributed by atoms with Gasteiger partial charge >= 0.3 is 7.12 Å². The number of benzene rings is 2. The molecule has 2 aromatic heterocycles. The molecule has 0 spiro atoms. The predicted molar refractivity (Wildman–Crippen MR) is 177 cm³/mol. The second-order valence-electron chi connectivity index (χ2n) is 10.9. The quantitative estimate of drug-likeness (QED) is 0.176. The van der Waals surface area contributed by atoms with Gasteiger partial charge in [-0.15, -0.1) is 0 Å². The Balaban J connectivity index is 0.000000194. The van der Waals surface area contributed by atoms with Crippen molar-refractivity contribution in [2.75, 3.05) is 14.2 Å². The molecule has 1 saturated heterocycles. The van der Waals surface area contributed by atoms with Gasteiger partial charge in [0.15, 0.2) is 12.6 Å². The summed E-state index contributed by atoms with van der Waals surface area (Å²) in [5.74, 6) is 1.10. The van der Waals surface area contributed by atoms with Crippen molar-refractivity contribution in [1.82, 2.24) is 9.97 Å². The number of nitrogens with zero attached hydrogens (tertiary/aromatic N) is 4. The van der Waals surface area contributed by atoms with Gasteiger partial charge in [-0.05, 0) is 75.7 Å². The molecule has 4 aromatic rings. The summed E-state index contributed by atoms with van der Waals surface area (Å²) in [5, 5.41) is 17.5. The lowest BCUT2D eigenvalue weighted by Gasteiger charge is -2.32. The van der Waals surface area contributed by atoms with Crippen molar-refractivity contribution in [3.8, 4) is 34.8 Å². The summed E-state index contributed by atoms with van der Waals surface area (Å²) in [7, 11) is 2.59. The molecule has 46 heavy (non-hydrogen) atoms. The van der Waals surface area contributed by atoms with Crippen molar-refractivity contribution in [3.05, 3.63) is 100 Å². The van der Waals surface area contributed by atoms with Gasteiger partial charge in [0.25, 0.3) is 0 Å². The molecule has 12 heteroatoms. The molecule has 3 heterocycles. The van der Waals surface area contributed by atoms with Crippen LogP contribution in [0.3, 0.4) is 0 Å². The molecule has 1 aliphatic rings. The number of nitriles is 2. The molecule has 0 saturated carbocycles. The van der Waals surface area contributed by atoms with Crippen LogP contribution in [0, 0.1) is 22.7 Å². The predicted octanol–water partition coefficient (Wildman–Crippen LogP) is 5.96. The molecule has 2 aromatic carbocycles. The molecule has 10 nitrogen and oxygen atoms in total. The molecule has 5 rings (SSSR count). The number of halogens is 1. The van der Waals surface area contributed by atoms with Crippen LogP contribution in [0.2, 0.25) is 0 Å². The van der Waals surface area contributed by atoms with E-state index in [1.165, 1.54) is 19.5 Å². The maximum Gasteiger partial charge on any atom is 0.496 e. The number of ether oxygens (including phenoxy) is 2. The molecule has 0 bridgehead atoms. The van der Waals surface area contributed by atoms with Crippen molar-refractivity contribution in [2.45, 2.75) is 38.9 Å². The first-order chi connectivity index (χ1) is 21.9. The number of carbonyl (C=O) groups excluding carboxylic acids is 2. The van der Waals surface area contributed by atoms with E-state index in [2.05, 4.69) is 32.0 Å². The van der Waals surface area contributed by atoms with Crippen molar-refractivity contribution >= 4 is 41.1 Å². The fourth-order valence-corrected chi connectivity index (χ4v) is 4.39. The van der Waals surface area contributed by atoms with Crippen LogP contribution in [-0.4, -0.2) is 55.1 Å². The summed E-state index contributed by atoms with van der Waals surface area (Å²) < 4.78 is 22.8. The number of hydrogen-bond acceptors (Lipinski definition) is 10.